The highest BCUT2D eigenvalue weighted by Gasteiger charge is 2.45. The number of nitrogens with two attached hydrogens (primary N) is 1. The summed E-state index contributed by atoms with van der Waals surface area (Å²) in [5, 5.41) is 8.37. The normalized spacial score (nSPS) is 15.7. The summed E-state index contributed by atoms with van der Waals surface area (Å²) >= 11 is 0. The molecule has 0 spiro atoms. The smallest absolute Gasteiger partial charge is 0.198 e. The molecule has 0 heterocycles. The topological polar surface area (TPSA) is 82.5 Å². The van der Waals surface area contributed by atoms with E-state index in [2.05, 4.69) is 0 Å². The van der Waals surface area contributed by atoms with Crippen molar-refractivity contribution in [2.24, 2.45) is 5.50 Å². The van der Waals surface area contributed by atoms with E-state index in [1.54, 1.807) is 4.67 Å². The third-order valence-electron chi connectivity index (χ3n) is 1.88. The molecule has 0 aromatic rings. The van der Waals surface area contributed by atoms with Gasteiger partial charge in [-0.3, -0.25) is 0 Å². The average molecular weight is 234 g/mol. The summed E-state index contributed by atoms with van der Waals surface area (Å²) in [6.45, 7) is 7.97. The molecule has 0 saturated carbocycles. The van der Waals surface area contributed by atoms with E-state index in [4.69, 9.17) is 15.3 Å². The number of hydrogen-bond donors (Lipinski definition) is 2. The number of nitriles is 1. The lowest BCUT2D eigenvalue weighted by molar-refractivity contribution is 0.194. The summed E-state index contributed by atoms with van der Waals surface area (Å²) in [5.41, 5.74) is 5.76. The number of nitrogens with zero attached hydrogens (tertiary/aromatic N) is 2. The molecule has 0 aliphatic heterocycles. The zero-order valence-electron chi connectivity index (χ0n) is 9.84. The quantitative estimate of drug-likeness (QED) is 0.539. The summed E-state index contributed by atoms with van der Waals surface area (Å²) in [5.74, 6) is 0. The molecule has 0 fully saturated rings. The van der Waals surface area contributed by atoms with Gasteiger partial charge in [0.2, 0.25) is 0 Å². The minimum atomic E-state index is -3.01. The zero-order valence-corrected chi connectivity index (χ0v) is 10.7. The Kier molecular flexibility index (Phi) is 6.26. The van der Waals surface area contributed by atoms with E-state index in [0.717, 1.165) is 0 Å². The maximum Gasteiger partial charge on any atom is 0.428 e. The van der Waals surface area contributed by atoms with Gasteiger partial charge in [0.05, 0.1) is 12.5 Å². The fraction of sp³-hybridized carbons (Fsp3) is 0.889. The molecule has 0 rings (SSSR count). The summed E-state index contributed by atoms with van der Waals surface area (Å²) < 4.78 is 6.96. The first-order valence-electron chi connectivity index (χ1n) is 5.03. The Labute approximate surface area is 92.4 Å². The van der Waals surface area contributed by atoms with Gasteiger partial charge in [-0.05, 0) is 27.7 Å². The van der Waals surface area contributed by atoms with Crippen LogP contribution in [0.3, 0.4) is 0 Å². The predicted molar refractivity (Wildman–Crippen MR) is 61.6 cm³/mol. The third kappa shape index (κ3) is 4.87. The Balaban J connectivity index is 4.44. The van der Waals surface area contributed by atoms with Crippen molar-refractivity contribution in [3.05, 3.63) is 0 Å². The van der Waals surface area contributed by atoms with Gasteiger partial charge in [0.1, 0.15) is 6.61 Å². The van der Waals surface area contributed by atoms with Crippen molar-refractivity contribution in [3.8, 4) is 6.07 Å². The fourth-order valence-corrected chi connectivity index (χ4v) is 3.37. The van der Waals surface area contributed by atoms with Crippen LogP contribution in [0.1, 0.15) is 34.1 Å². The fourth-order valence-electron chi connectivity index (χ4n) is 1.55. The van der Waals surface area contributed by atoms with Crippen molar-refractivity contribution >= 4 is 8.02 Å². The molecule has 0 aliphatic rings. The lowest BCUT2D eigenvalue weighted by Gasteiger charge is -2.31. The molecule has 1 atom stereocenters. The minimum absolute atomic E-state index is 0.107. The summed E-state index contributed by atoms with van der Waals surface area (Å²) in [6, 6.07) is 2.16. The molecule has 15 heavy (non-hydrogen) atoms. The van der Waals surface area contributed by atoms with Gasteiger partial charge in [-0.15, -0.1) is 10.2 Å². The van der Waals surface area contributed by atoms with Crippen LogP contribution in [-0.4, -0.2) is 28.3 Å². The van der Waals surface area contributed by atoms with Crippen LogP contribution in [-0.2, 0) is 4.52 Å². The molecule has 0 radical (unpaired) electrons. The van der Waals surface area contributed by atoms with Crippen LogP contribution in [0.2, 0.25) is 0 Å². The Morgan fingerprint density at radius 3 is 2.20 bits per heavy atom. The monoisotopic (exact) mass is 234 g/mol. The van der Waals surface area contributed by atoms with Gasteiger partial charge in [0.15, 0.2) is 0 Å². The van der Waals surface area contributed by atoms with Crippen LogP contribution in [0.15, 0.2) is 0 Å². The molecule has 1 unspecified atom stereocenters. The average Bonchev–Trinajstić information content (AvgIpc) is 2.01. The van der Waals surface area contributed by atoms with Crippen molar-refractivity contribution in [1.82, 2.24) is 4.67 Å². The molecular formula is C9H21N3O2P+. The Morgan fingerprint density at radius 2 is 1.87 bits per heavy atom. The Morgan fingerprint density at radius 1 is 1.40 bits per heavy atom. The lowest BCUT2D eigenvalue weighted by Crippen LogP contribution is -2.40. The van der Waals surface area contributed by atoms with Crippen molar-refractivity contribution in [1.29, 1.82) is 5.26 Å². The van der Waals surface area contributed by atoms with Crippen LogP contribution < -0.4 is 5.50 Å². The van der Waals surface area contributed by atoms with E-state index < -0.39 is 8.02 Å². The summed E-state index contributed by atoms with van der Waals surface area (Å²) in [4.78, 5) is 10.0. The molecule has 0 amide bonds. The second-order valence-corrected chi connectivity index (χ2v) is 5.80. The standard InChI is InChI=1S/C9H21N3O2P/c1-8(2)12(9(3)4)15(11,13)14-7-5-6-10/h8-9,13H,5,7,11H2,1-4H3/q+1. The van der Waals surface area contributed by atoms with E-state index in [9.17, 15) is 4.89 Å². The first kappa shape index (κ1) is 14.8. The largest absolute Gasteiger partial charge is 0.428 e. The third-order valence-corrected chi connectivity index (χ3v) is 4.03. The highest BCUT2D eigenvalue weighted by atomic mass is 31.2. The van der Waals surface area contributed by atoms with E-state index in [1.165, 1.54) is 0 Å². The van der Waals surface area contributed by atoms with E-state index in [1.807, 2.05) is 33.8 Å². The maximum atomic E-state index is 10.0. The van der Waals surface area contributed by atoms with Gasteiger partial charge in [-0.1, -0.05) is 0 Å². The lowest BCUT2D eigenvalue weighted by atomic mass is 10.3. The Bertz CT molecular complexity index is 218. The van der Waals surface area contributed by atoms with Crippen molar-refractivity contribution in [2.75, 3.05) is 6.61 Å². The molecule has 0 aliphatic carbocycles. The van der Waals surface area contributed by atoms with Gasteiger partial charge in [-0.2, -0.15) is 14.7 Å². The molecule has 0 saturated heterocycles. The van der Waals surface area contributed by atoms with Gasteiger partial charge in [-0.25, -0.2) is 0 Å². The zero-order chi connectivity index (χ0) is 12.1. The summed E-state index contributed by atoms with van der Waals surface area (Å²) in [7, 11) is -3.01. The first-order valence-corrected chi connectivity index (χ1v) is 6.71. The number of hydrogen-bond acceptors (Lipinski definition) is 5. The molecule has 88 valence electrons. The van der Waals surface area contributed by atoms with Crippen LogP contribution in [0.5, 0.6) is 0 Å². The molecule has 6 heteroatoms. The van der Waals surface area contributed by atoms with Crippen molar-refractivity contribution in [2.45, 2.75) is 46.2 Å². The van der Waals surface area contributed by atoms with Crippen LogP contribution in [0.4, 0.5) is 0 Å². The van der Waals surface area contributed by atoms with Crippen molar-refractivity contribution in [3.63, 3.8) is 0 Å². The molecule has 0 bridgehead atoms. The highest BCUT2D eigenvalue weighted by Crippen LogP contribution is 2.53. The van der Waals surface area contributed by atoms with Crippen LogP contribution in [0.25, 0.3) is 0 Å². The van der Waals surface area contributed by atoms with Crippen LogP contribution >= 0.6 is 8.02 Å². The van der Waals surface area contributed by atoms with E-state index in [-0.39, 0.29) is 25.1 Å². The van der Waals surface area contributed by atoms with Gasteiger partial charge in [0, 0.05) is 12.1 Å². The van der Waals surface area contributed by atoms with E-state index >= 15 is 0 Å². The molecule has 3 N–H and O–H groups in total. The second-order valence-electron chi connectivity index (χ2n) is 3.90. The molecule has 5 nitrogen and oxygen atoms in total. The predicted octanol–water partition coefficient (Wildman–Crippen LogP) is 1.66. The molecule has 0 aromatic carbocycles. The first-order chi connectivity index (χ1) is 6.83. The highest BCUT2D eigenvalue weighted by molar-refractivity contribution is 7.60. The van der Waals surface area contributed by atoms with Crippen molar-refractivity contribution < 1.29 is 9.42 Å². The number of rotatable bonds is 6. The van der Waals surface area contributed by atoms with Crippen LogP contribution in [0, 0.1) is 11.3 Å². The molecule has 0 aromatic heterocycles. The minimum Gasteiger partial charge on any atom is -0.198 e. The SMILES string of the molecule is CC(C)N(C(C)C)[P+](N)(O)OCCC#N. The van der Waals surface area contributed by atoms with Gasteiger partial charge < -0.3 is 0 Å². The summed E-state index contributed by atoms with van der Waals surface area (Å²) in [6.07, 6.45) is 0.240. The van der Waals surface area contributed by atoms with Gasteiger partial charge >= 0.3 is 8.02 Å². The van der Waals surface area contributed by atoms with Gasteiger partial charge in [0.25, 0.3) is 0 Å². The maximum absolute atomic E-state index is 10.0. The second kappa shape index (κ2) is 6.37. The molecular weight excluding hydrogens is 213 g/mol. The van der Waals surface area contributed by atoms with E-state index in [0.29, 0.717) is 0 Å². The Hall–Kier alpha value is -0.240.